The lowest BCUT2D eigenvalue weighted by molar-refractivity contribution is 0.0746. The van der Waals surface area contributed by atoms with Crippen molar-refractivity contribution in [3.8, 4) is 0 Å². The molecule has 2 aromatic rings. The Morgan fingerprint density at radius 3 is 2.42 bits per heavy atom. The van der Waals surface area contributed by atoms with Crippen molar-refractivity contribution in [2.75, 3.05) is 7.05 Å². The van der Waals surface area contributed by atoms with Crippen molar-refractivity contribution in [2.24, 2.45) is 0 Å². The van der Waals surface area contributed by atoms with E-state index >= 15 is 0 Å². The Balaban J connectivity index is 2.19. The molecule has 100 valence electrons. The van der Waals surface area contributed by atoms with Crippen LogP contribution in [0.3, 0.4) is 0 Å². The first-order chi connectivity index (χ1) is 9.00. The molecule has 2 nitrogen and oxygen atoms in total. The number of carbonyl (C=O) groups is 1. The van der Waals surface area contributed by atoms with Crippen molar-refractivity contribution >= 4 is 33.2 Å². The Kier molecular flexibility index (Phi) is 4.42. The summed E-state index contributed by atoms with van der Waals surface area (Å²) in [7, 11) is 1.85. The molecule has 1 aromatic carbocycles. The first-order valence-corrected chi connectivity index (χ1v) is 7.74. The fourth-order valence-corrected chi connectivity index (χ4v) is 3.37. The first-order valence-electron chi connectivity index (χ1n) is 6.07. The van der Waals surface area contributed by atoms with Crippen LogP contribution in [0.1, 0.15) is 33.8 Å². The van der Waals surface area contributed by atoms with E-state index in [9.17, 15) is 4.79 Å². The quantitative estimate of drug-likeness (QED) is 0.798. The van der Waals surface area contributed by atoms with Crippen LogP contribution in [-0.2, 0) is 0 Å². The molecule has 0 saturated carbocycles. The van der Waals surface area contributed by atoms with E-state index in [-0.39, 0.29) is 11.9 Å². The normalized spacial score (nSPS) is 12.2. The summed E-state index contributed by atoms with van der Waals surface area (Å²) in [6.07, 6.45) is 0. The third-order valence-electron chi connectivity index (χ3n) is 3.27. The van der Waals surface area contributed by atoms with Gasteiger partial charge in [0, 0.05) is 11.5 Å². The zero-order valence-electron chi connectivity index (χ0n) is 11.2. The second-order valence-corrected chi connectivity index (χ2v) is 6.37. The molecule has 1 amide bonds. The predicted octanol–water partition coefficient (Wildman–Crippen LogP) is 4.65. The Morgan fingerprint density at radius 2 is 1.89 bits per heavy atom. The van der Waals surface area contributed by atoms with E-state index in [1.165, 1.54) is 16.9 Å². The fourth-order valence-electron chi connectivity index (χ4n) is 1.85. The maximum Gasteiger partial charge on any atom is 0.265 e. The summed E-state index contributed by atoms with van der Waals surface area (Å²) >= 11 is 4.88. The van der Waals surface area contributed by atoms with E-state index < -0.39 is 0 Å². The van der Waals surface area contributed by atoms with Gasteiger partial charge >= 0.3 is 0 Å². The van der Waals surface area contributed by atoms with Crippen molar-refractivity contribution in [3.05, 3.63) is 56.2 Å². The Labute approximate surface area is 126 Å². The van der Waals surface area contributed by atoms with E-state index in [1.807, 2.05) is 25.4 Å². The van der Waals surface area contributed by atoms with Crippen LogP contribution in [0.15, 0.2) is 40.2 Å². The summed E-state index contributed by atoms with van der Waals surface area (Å²) in [4.78, 5) is 14.9. The molecule has 0 aliphatic heterocycles. The van der Waals surface area contributed by atoms with Gasteiger partial charge in [0.1, 0.15) is 4.88 Å². The van der Waals surface area contributed by atoms with Crippen molar-refractivity contribution in [2.45, 2.75) is 19.9 Å². The summed E-state index contributed by atoms with van der Waals surface area (Å²) in [6.45, 7) is 4.11. The highest BCUT2D eigenvalue weighted by atomic mass is 79.9. The second-order valence-electron chi connectivity index (χ2n) is 4.60. The number of benzene rings is 1. The molecule has 0 spiro atoms. The van der Waals surface area contributed by atoms with Crippen LogP contribution in [0.25, 0.3) is 0 Å². The van der Waals surface area contributed by atoms with Crippen molar-refractivity contribution in [3.63, 3.8) is 0 Å². The van der Waals surface area contributed by atoms with Gasteiger partial charge < -0.3 is 4.90 Å². The van der Waals surface area contributed by atoms with Gasteiger partial charge in [0.15, 0.2) is 0 Å². The molecule has 4 heteroatoms. The zero-order chi connectivity index (χ0) is 14.0. The lowest BCUT2D eigenvalue weighted by Gasteiger charge is -2.25. The van der Waals surface area contributed by atoms with Crippen molar-refractivity contribution in [1.82, 2.24) is 4.90 Å². The SMILES string of the molecule is Cc1ccc(C(C)N(C)C(=O)c2sccc2Br)cc1. The third-order valence-corrected chi connectivity index (χ3v) is 5.10. The summed E-state index contributed by atoms with van der Waals surface area (Å²) in [5.41, 5.74) is 2.38. The molecular formula is C15H16BrNOS. The van der Waals surface area contributed by atoms with Crippen LogP contribution >= 0.6 is 27.3 Å². The summed E-state index contributed by atoms with van der Waals surface area (Å²) in [6, 6.07) is 10.3. The minimum atomic E-state index is 0.0509. The Bertz CT molecular complexity index is 576. The number of amides is 1. The molecule has 0 radical (unpaired) electrons. The van der Waals surface area contributed by atoms with Crippen LogP contribution in [-0.4, -0.2) is 17.9 Å². The van der Waals surface area contributed by atoms with Gasteiger partial charge in [0.25, 0.3) is 5.91 Å². The summed E-state index contributed by atoms with van der Waals surface area (Å²) in [5, 5.41) is 1.92. The molecule has 0 aliphatic carbocycles. The molecule has 0 N–H and O–H groups in total. The molecule has 1 aromatic heterocycles. The number of thiophene rings is 1. The molecule has 1 heterocycles. The van der Waals surface area contributed by atoms with Gasteiger partial charge in [-0.1, -0.05) is 29.8 Å². The van der Waals surface area contributed by atoms with Crippen LogP contribution in [0.4, 0.5) is 0 Å². The van der Waals surface area contributed by atoms with E-state index in [1.54, 1.807) is 4.90 Å². The maximum atomic E-state index is 12.4. The van der Waals surface area contributed by atoms with Crippen LogP contribution in [0, 0.1) is 6.92 Å². The van der Waals surface area contributed by atoms with Crippen molar-refractivity contribution in [1.29, 1.82) is 0 Å². The first kappa shape index (κ1) is 14.3. The van der Waals surface area contributed by atoms with Gasteiger partial charge in [-0.15, -0.1) is 11.3 Å². The fraction of sp³-hybridized carbons (Fsp3) is 0.267. The molecule has 1 atom stereocenters. The van der Waals surface area contributed by atoms with Gasteiger partial charge in [-0.25, -0.2) is 0 Å². The van der Waals surface area contributed by atoms with Gasteiger partial charge in [-0.05, 0) is 46.8 Å². The van der Waals surface area contributed by atoms with E-state index in [0.29, 0.717) is 0 Å². The number of carbonyl (C=O) groups excluding carboxylic acids is 1. The average molecular weight is 338 g/mol. The second kappa shape index (κ2) is 5.88. The zero-order valence-corrected chi connectivity index (χ0v) is 13.6. The van der Waals surface area contributed by atoms with E-state index in [4.69, 9.17) is 0 Å². The molecule has 0 fully saturated rings. The van der Waals surface area contributed by atoms with E-state index in [0.717, 1.165) is 14.9 Å². The maximum absolute atomic E-state index is 12.4. The van der Waals surface area contributed by atoms with Gasteiger partial charge in [0.2, 0.25) is 0 Å². The standard InChI is InChI=1S/C15H16BrNOS/c1-10-4-6-12(7-5-10)11(2)17(3)15(18)14-13(16)8-9-19-14/h4-9,11H,1-3H3. The summed E-state index contributed by atoms with van der Waals surface area (Å²) in [5.74, 6) is 0.0509. The highest BCUT2D eigenvalue weighted by molar-refractivity contribution is 9.10. The van der Waals surface area contributed by atoms with Crippen LogP contribution in [0.2, 0.25) is 0 Å². The number of halogens is 1. The molecule has 19 heavy (non-hydrogen) atoms. The molecule has 0 aliphatic rings. The third kappa shape index (κ3) is 3.07. The average Bonchev–Trinajstić information content (AvgIpc) is 2.83. The van der Waals surface area contributed by atoms with Crippen molar-refractivity contribution < 1.29 is 4.79 Å². The number of hydrogen-bond donors (Lipinski definition) is 0. The topological polar surface area (TPSA) is 20.3 Å². The Morgan fingerprint density at radius 1 is 1.26 bits per heavy atom. The highest BCUT2D eigenvalue weighted by Gasteiger charge is 2.21. The minimum absolute atomic E-state index is 0.0509. The van der Waals surface area contributed by atoms with Crippen LogP contribution in [0.5, 0.6) is 0 Å². The van der Waals surface area contributed by atoms with Gasteiger partial charge in [-0.2, -0.15) is 0 Å². The summed E-state index contributed by atoms with van der Waals surface area (Å²) < 4.78 is 0.866. The molecule has 0 bridgehead atoms. The smallest absolute Gasteiger partial charge is 0.265 e. The number of aryl methyl sites for hydroxylation is 1. The van der Waals surface area contributed by atoms with E-state index in [2.05, 4.69) is 47.1 Å². The predicted molar refractivity (Wildman–Crippen MR) is 83.7 cm³/mol. The lowest BCUT2D eigenvalue weighted by Crippen LogP contribution is -2.29. The number of rotatable bonds is 3. The molecule has 2 rings (SSSR count). The monoisotopic (exact) mass is 337 g/mol. The number of hydrogen-bond acceptors (Lipinski definition) is 2. The van der Waals surface area contributed by atoms with Crippen LogP contribution < -0.4 is 0 Å². The highest BCUT2D eigenvalue weighted by Crippen LogP contribution is 2.27. The number of nitrogens with zero attached hydrogens (tertiary/aromatic N) is 1. The molecule has 0 saturated heterocycles. The molecule has 1 unspecified atom stereocenters. The minimum Gasteiger partial charge on any atom is -0.334 e. The Hall–Kier alpha value is -1.13. The van der Waals surface area contributed by atoms with Gasteiger partial charge in [-0.3, -0.25) is 4.79 Å². The largest absolute Gasteiger partial charge is 0.334 e. The lowest BCUT2D eigenvalue weighted by atomic mass is 10.1. The van der Waals surface area contributed by atoms with Gasteiger partial charge in [0.05, 0.1) is 6.04 Å². The molecular weight excluding hydrogens is 322 g/mol.